The van der Waals surface area contributed by atoms with Crippen LogP contribution in [0.4, 0.5) is 0 Å². The number of halogens is 2. The van der Waals surface area contributed by atoms with E-state index in [4.69, 9.17) is 0 Å². The van der Waals surface area contributed by atoms with Gasteiger partial charge in [0.05, 0.1) is 4.32 Å². The van der Waals surface area contributed by atoms with Crippen LogP contribution < -0.4 is 0 Å². The van der Waals surface area contributed by atoms with E-state index in [1.54, 1.807) is 0 Å². The molecule has 52 valence electrons. The highest BCUT2D eigenvalue weighted by Gasteiger charge is 2.36. The maximum atomic E-state index is 10.8. The van der Waals surface area contributed by atoms with Gasteiger partial charge in [0.2, 0.25) is 4.69 Å². The number of rotatable bonds is 1. The highest BCUT2D eigenvalue weighted by Crippen LogP contribution is 2.39. The van der Waals surface area contributed by atoms with Crippen molar-refractivity contribution in [1.29, 1.82) is 0 Å². The first kappa shape index (κ1) is 7.73. The lowest BCUT2D eigenvalue weighted by Gasteiger charge is -2.13. The fourth-order valence-electron chi connectivity index (χ4n) is 1.13. The third-order valence-electron chi connectivity index (χ3n) is 1.75. The minimum absolute atomic E-state index is 0.104. The first-order valence-corrected chi connectivity index (χ1v) is 4.63. The van der Waals surface area contributed by atoms with Gasteiger partial charge in [-0.1, -0.05) is 28.8 Å². The van der Waals surface area contributed by atoms with Crippen LogP contribution in [0.3, 0.4) is 0 Å². The Morgan fingerprint density at radius 3 is 2.00 bits per heavy atom. The summed E-state index contributed by atoms with van der Waals surface area (Å²) in [6.45, 7) is 0. The van der Waals surface area contributed by atoms with Crippen molar-refractivity contribution in [1.82, 2.24) is 0 Å². The first-order valence-electron chi connectivity index (χ1n) is 3.04. The maximum absolute atomic E-state index is 10.8. The summed E-state index contributed by atoms with van der Waals surface area (Å²) in [5.41, 5.74) is 0. The molecule has 0 radical (unpaired) electrons. The third-order valence-corrected chi connectivity index (χ3v) is 4.19. The van der Waals surface area contributed by atoms with E-state index < -0.39 is 0 Å². The molecule has 0 bridgehead atoms. The predicted molar refractivity (Wildman–Crippen MR) is 44.1 cm³/mol. The lowest BCUT2D eigenvalue weighted by molar-refractivity contribution is -0.112. The minimum atomic E-state index is -0.215. The molecular weight excluding hydrogens is 248 g/mol. The summed E-state index contributed by atoms with van der Waals surface area (Å²) in [6.07, 6.45) is 4.30. The van der Waals surface area contributed by atoms with Crippen molar-refractivity contribution in [3.05, 3.63) is 0 Å². The fourth-order valence-corrected chi connectivity index (χ4v) is 2.09. The molecule has 0 N–H and O–H groups in total. The van der Waals surface area contributed by atoms with Crippen LogP contribution in [-0.4, -0.2) is 9.02 Å². The Morgan fingerprint density at radius 1 is 1.33 bits per heavy atom. The van der Waals surface area contributed by atoms with Gasteiger partial charge in [0.15, 0.2) is 0 Å². The van der Waals surface area contributed by atoms with E-state index >= 15 is 0 Å². The van der Waals surface area contributed by atoms with Gasteiger partial charge in [-0.05, 0) is 28.8 Å². The fraction of sp³-hybridized carbons (Fsp3) is 0.833. The smallest absolute Gasteiger partial charge is 0.214 e. The molecule has 1 nitrogen and oxygen atoms in total. The second-order valence-electron chi connectivity index (χ2n) is 2.45. The van der Waals surface area contributed by atoms with Crippen LogP contribution >= 0.6 is 31.9 Å². The van der Waals surface area contributed by atoms with Crippen LogP contribution in [0.25, 0.3) is 0 Å². The molecule has 1 saturated carbocycles. The molecule has 1 aliphatic carbocycles. The summed E-state index contributed by atoms with van der Waals surface area (Å²) >= 11 is 6.39. The largest absolute Gasteiger partial charge is 0.285 e. The number of carbonyl (C=O) groups excluding carboxylic acids is 1. The van der Waals surface area contributed by atoms with Crippen molar-refractivity contribution in [3.8, 4) is 0 Å². The zero-order valence-corrected chi connectivity index (χ0v) is 8.16. The minimum Gasteiger partial charge on any atom is -0.285 e. The predicted octanol–water partition coefficient (Wildman–Crippen LogP) is 2.62. The van der Waals surface area contributed by atoms with Crippen LogP contribution in [0.1, 0.15) is 25.7 Å². The van der Waals surface area contributed by atoms with Crippen molar-refractivity contribution < 1.29 is 4.79 Å². The lowest BCUT2D eigenvalue weighted by atomic mass is 10.1. The van der Waals surface area contributed by atoms with E-state index in [0.717, 1.165) is 12.8 Å². The molecule has 1 rings (SSSR count). The molecule has 0 amide bonds. The summed E-state index contributed by atoms with van der Waals surface area (Å²) in [6, 6.07) is 0. The Bertz CT molecular complexity index is 127. The van der Waals surface area contributed by atoms with Gasteiger partial charge in [0, 0.05) is 0 Å². The van der Waals surface area contributed by atoms with Gasteiger partial charge < -0.3 is 0 Å². The molecule has 0 heterocycles. The highest BCUT2D eigenvalue weighted by molar-refractivity contribution is 9.20. The SMILES string of the molecule is O=C(Br)C1(Br)CCCC1. The molecule has 0 aromatic rings. The van der Waals surface area contributed by atoms with Crippen LogP contribution in [0.15, 0.2) is 0 Å². The normalized spacial score (nSPS) is 24.2. The summed E-state index contributed by atoms with van der Waals surface area (Å²) in [4.78, 5) is 10.8. The van der Waals surface area contributed by atoms with E-state index in [-0.39, 0.29) is 9.02 Å². The molecule has 0 aromatic heterocycles. The van der Waals surface area contributed by atoms with Crippen LogP contribution in [-0.2, 0) is 4.79 Å². The van der Waals surface area contributed by atoms with Crippen molar-refractivity contribution in [3.63, 3.8) is 0 Å². The van der Waals surface area contributed by atoms with E-state index in [1.165, 1.54) is 12.8 Å². The maximum Gasteiger partial charge on any atom is 0.214 e. The Balaban J connectivity index is 2.61. The summed E-state index contributed by atoms with van der Waals surface area (Å²) in [7, 11) is 0. The molecule has 0 aromatic carbocycles. The number of hydrogen-bond acceptors (Lipinski definition) is 1. The monoisotopic (exact) mass is 254 g/mol. The van der Waals surface area contributed by atoms with Gasteiger partial charge in [-0.15, -0.1) is 0 Å². The van der Waals surface area contributed by atoms with Gasteiger partial charge in [0.1, 0.15) is 0 Å². The Morgan fingerprint density at radius 2 is 1.78 bits per heavy atom. The Labute approximate surface area is 71.5 Å². The average Bonchev–Trinajstić information content (AvgIpc) is 2.16. The molecule has 1 fully saturated rings. The second kappa shape index (κ2) is 2.70. The summed E-state index contributed by atoms with van der Waals surface area (Å²) in [5, 5.41) is 0. The first-order chi connectivity index (χ1) is 4.15. The van der Waals surface area contributed by atoms with Crippen molar-refractivity contribution in [2.75, 3.05) is 0 Å². The van der Waals surface area contributed by atoms with E-state index in [1.807, 2.05) is 0 Å². The van der Waals surface area contributed by atoms with E-state index in [9.17, 15) is 4.79 Å². The summed E-state index contributed by atoms with van der Waals surface area (Å²) < 4.78 is -0.111. The van der Waals surface area contributed by atoms with Gasteiger partial charge in [-0.2, -0.15) is 0 Å². The molecule has 1 aliphatic rings. The van der Waals surface area contributed by atoms with Crippen LogP contribution in [0.5, 0.6) is 0 Å². The van der Waals surface area contributed by atoms with Gasteiger partial charge >= 0.3 is 0 Å². The Kier molecular flexibility index (Phi) is 2.32. The van der Waals surface area contributed by atoms with Crippen molar-refractivity contribution in [2.45, 2.75) is 30.0 Å². The third kappa shape index (κ3) is 1.55. The standard InChI is InChI=1S/C6H8Br2O/c7-5(9)6(8)3-1-2-4-6/h1-4H2. The van der Waals surface area contributed by atoms with Crippen molar-refractivity contribution >= 4 is 36.6 Å². The topological polar surface area (TPSA) is 17.1 Å². The molecular formula is C6H8Br2O. The zero-order valence-electron chi connectivity index (χ0n) is 4.99. The lowest BCUT2D eigenvalue weighted by Crippen LogP contribution is -2.22. The molecule has 0 unspecified atom stereocenters. The van der Waals surface area contributed by atoms with Crippen LogP contribution in [0.2, 0.25) is 0 Å². The van der Waals surface area contributed by atoms with E-state index in [2.05, 4.69) is 31.9 Å². The zero-order chi connectivity index (χ0) is 6.91. The molecule has 9 heavy (non-hydrogen) atoms. The molecule has 3 heteroatoms. The summed E-state index contributed by atoms with van der Waals surface area (Å²) in [5.74, 6) is 0. The second-order valence-corrected chi connectivity index (χ2v) is 4.68. The molecule has 0 aliphatic heterocycles. The molecule has 0 atom stereocenters. The number of hydrogen-bond donors (Lipinski definition) is 0. The quantitative estimate of drug-likeness (QED) is 0.520. The van der Waals surface area contributed by atoms with Gasteiger partial charge in [-0.3, -0.25) is 4.79 Å². The number of alkyl halides is 1. The van der Waals surface area contributed by atoms with E-state index in [0.29, 0.717) is 0 Å². The van der Waals surface area contributed by atoms with Gasteiger partial charge in [0.25, 0.3) is 0 Å². The van der Waals surface area contributed by atoms with Crippen LogP contribution in [0, 0.1) is 0 Å². The highest BCUT2D eigenvalue weighted by atomic mass is 79.9. The molecule has 0 saturated heterocycles. The average molecular weight is 256 g/mol. The van der Waals surface area contributed by atoms with Crippen molar-refractivity contribution in [2.24, 2.45) is 0 Å². The van der Waals surface area contributed by atoms with Gasteiger partial charge in [-0.25, -0.2) is 0 Å². The number of carbonyl (C=O) groups is 1. The Hall–Kier alpha value is 0.630. The molecule has 0 spiro atoms.